The van der Waals surface area contributed by atoms with Crippen molar-refractivity contribution in [2.24, 2.45) is 5.92 Å². The molecule has 0 aromatic carbocycles. The van der Waals surface area contributed by atoms with E-state index in [0.717, 1.165) is 28.0 Å². The topological polar surface area (TPSA) is 137 Å². The Kier molecular flexibility index (Phi) is 3.65. The summed E-state index contributed by atoms with van der Waals surface area (Å²) in [7, 11) is 0. The number of nitrogens with one attached hydrogen (secondary N) is 1. The van der Waals surface area contributed by atoms with E-state index in [2.05, 4.69) is 32.4 Å². The van der Waals surface area contributed by atoms with Crippen molar-refractivity contribution in [1.29, 1.82) is 10.5 Å². The average molecular weight is 383 g/mol. The summed E-state index contributed by atoms with van der Waals surface area (Å²) < 4.78 is 3.83. The van der Waals surface area contributed by atoms with Crippen LogP contribution < -0.4 is 5.73 Å². The average Bonchev–Trinajstić information content (AvgIpc) is 3.43. The highest BCUT2D eigenvalue weighted by molar-refractivity contribution is 5.79. The second-order valence-corrected chi connectivity index (χ2v) is 7.44. The van der Waals surface area contributed by atoms with E-state index in [4.69, 9.17) is 11.0 Å². The maximum atomic E-state index is 9.29. The van der Waals surface area contributed by atoms with Crippen molar-refractivity contribution >= 4 is 11.5 Å². The van der Waals surface area contributed by atoms with Gasteiger partial charge in [-0.1, -0.05) is 0 Å². The van der Waals surface area contributed by atoms with Crippen LogP contribution in [0.2, 0.25) is 0 Å². The Morgan fingerprint density at radius 2 is 2.14 bits per heavy atom. The van der Waals surface area contributed by atoms with Crippen molar-refractivity contribution in [2.75, 3.05) is 5.73 Å². The van der Waals surface area contributed by atoms with Gasteiger partial charge in [0, 0.05) is 35.9 Å². The molecular formula is C20H17N9. The molecule has 1 aliphatic carbocycles. The molecular weight excluding hydrogens is 366 g/mol. The van der Waals surface area contributed by atoms with Gasteiger partial charge < -0.3 is 5.73 Å². The Balaban J connectivity index is 1.61. The first kappa shape index (κ1) is 17.0. The predicted octanol–water partition coefficient (Wildman–Crippen LogP) is 2.71. The predicted molar refractivity (Wildman–Crippen MR) is 105 cm³/mol. The van der Waals surface area contributed by atoms with Gasteiger partial charge in [0.25, 0.3) is 0 Å². The number of nitriles is 2. The Labute approximate surface area is 166 Å². The number of anilines is 1. The lowest BCUT2D eigenvalue weighted by Crippen LogP contribution is -2.46. The molecule has 9 heteroatoms. The van der Waals surface area contributed by atoms with Crippen LogP contribution in [0.5, 0.6) is 0 Å². The first-order chi connectivity index (χ1) is 14.1. The standard InChI is InChI=1S/C20H17N9/c21-2-1-20(7-13(8-20)9-22)29-12-15(10-26-29)17-5-14(16-11-25-27-19(16)23)6-18-24-3-4-28(17)18/h3-6,10-13H,1,7-8H2,(H3,23,25,27)/t13-,20+. The summed E-state index contributed by atoms with van der Waals surface area (Å²) in [6.45, 7) is 0. The van der Waals surface area contributed by atoms with E-state index in [9.17, 15) is 5.26 Å². The number of aromatic nitrogens is 6. The van der Waals surface area contributed by atoms with Crippen molar-refractivity contribution < 1.29 is 0 Å². The first-order valence-corrected chi connectivity index (χ1v) is 9.22. The smallest absolute Gasteiger partial charge is 0.153 e. The molecule has 29 heavy (non-hydrogen) atoms. The molecule has 3 N–H and O–H groups in total. The van der Waals surface area contributed by atoms with Gasteiger partial charge in [-0.3, -0.25) is 14.2 Å². The minimum absolute atomic E-state index is 0.0243. The normalized spacial score (nSPS) is 20.8. The molecule has 0 saturated heterocycles. The zero-order chi connectivity index (χ0) is 20.0. The summed E-state index contributed by atoms with van der Waals surface area (Å²) >= 11 is 0. The van der Waals surface area contributed by atoms with Crippen molar-refractivity contribution in [2.45, 2.75) is 24.8 Å². The minimum atomic E-state index is -0.409. The molecule has 0 spiro atoms. The van der Waals surface area contributed by atoms with E-state index in [-0.39, 0.29) is 5.92 Å². The van der Waals surface area contributed by atoms with Crippen LogP contribution in [0.1, 0.15) is 19.3 Å². The summed E-state index contributed by atoms with van der Waals surface area (Å²) in [4.78, 5) is 4.42. The second-order valence-electron chi connectivity index (χ2n) is 7.44. The maximum Gasteiger partial charge on any atom is 0.153 e. The van der Waals surface area contributed by atoms with Gasteiger partial charge in [0.1, 0.15) is 5.65 Å². The zero-order valence-corrected chi connectivity index (χ0v) is 15.4. The lowest BCUT2D eigenvalue weighted by atomic mass is 9.67. The van der Waals surface area contributed by atoms with E-state index in [1.807, 2.05) is 33.6 Å². The summed E-state index contributed by atoms with van der Waals surface area (Å²) in [5.74, 6) is 0.399. The lowest BCUT2D eigenvalue weighted by Gasteiger charge is -2.43. The Morgan fingerprint density at radius 1 is 1.28 bits per heavy atom. The summed E-state index contributed by atoms with van der Waals surface area (Å²) in [5.41, 5.74) is 9.87. The Hall–Kier alpha value is -4.11. The molecule has 1 aliphatic rings. The van der Waals surface area contributed by atoms with Crippen molar-refractivity contribution in [3.8, 4) is 34.5 Å². The third kappa shape index (κ3) is 2.56. The molecule has 0 amide bonds. The number of fused-ring (bicyclic) bond motifs is 1. The van der Waals surface area contributed by atoms with Gasteiger partial charge in [-0.05, 0) is 30.5 Å². The summed E-state index contributed by atoms with van der Waals surface area (Å²) in [6.07, 6.45) is 10.7. The van der Waals surface area contributed by atoms with Crippen LogP contribution in [0.25, 0.3) is 28.0 Å². The number of pyridine rings is 1. The van der Waals surface area contributed by atoms with Gasteiger partial charge in [0.15, 0.2) is 5.82 Å². The quantitative estimate of drug-likeness (QED) is 0.556. The zero-order valence-electron chi connectivity index (χ0n) is 15.4. The minimum Gasteiger partial charge on any atom is -0.382 e. The van der Waals surface area contributed by atoms with Crippen molar-refractivity contribution in [3.05, 3.63) is 43.1 Å². The van der Waals surface area contributed by atoms with E-state index in [1.54, 1.807) is 18.6 Å². The van der Waals surface area contributed by atoms with Gasteiger partial charge in [0.2, 0.25) is 0 Å². The highest BCUT2D eigenvalue weighted by Crippen LogP contribution is 2.46. The summed E-state index contributed by atoms with van der Waals surface area (Å²) in [5, 5.41) is 29.8. The molecule has 4 aromatic heterocycles. The van der Waals surface area contributed by atoms with Crippen molar-refractivity contribution in [3.63, 3.8) is 0 Å². The number of nitrogens with zero attached hydrogens (tertiary/aromatic N) is 7. The molecule has 4 aromatic rings. The van der Waals surface area contributed by atoms with Crippen molar-refractivity contribution in [1.82, 2.24) is 29.4 Å². The fourth-order valence-electron chi connectivity index (χ4n) is 4.16. The Bertz CT molecular complexity index is 1290. The highest BCUT2D eigenvalue weighted by atomic mass is 15.3. The molecule has 0 atom stereocenters. The van der Waals surface area contributed by atoms with Gasteiger partial charge in [-0.2, -0.15) is 20.7 Å². The van der Waals surface area contributed by atoms with Gasteiger partial charge in [-0.25, -0.2) is 4.98 Å². The van der Waals surface area contributed by atoms with Crippen LogP contribution in [-0.2, 0) is 5.54 Å². The Morgan fingerprint density at radius 3 is 2.86 bits per heavy atom. The third-order valence-corrected chi connectivity index (χ3v) is 5.69. The summed E-state index contributed by atoms with van der Waals surface area (Å²) in [6, 6.07) is 8.52. The number of rotatable bonds is 4. The van der Waals surface area contributed by atoms with E-state index in [0.29, 0.717) is 25.1 Å². The van der Waals surface area contributed by atoms with Crippen LogP contribution in [0, 0.1) is 28.6 Å². The molecule has 0 aliphatic heterocycles. The van der Waals surface area contributed by atoms with Gasteiger partial charge in [0.05, 0.1) is 41.9 Å². The van der Waals surface area contributed by atoms with E-state index in [1.165, 1.54) is 0 Å². The van der Waals surface area contributed by atoms with Crippen LogP contribution in [0.3, 0.4) is 0 Å². The van der Waals surface area contributed by atoms with E-state index >= 15 is 0 Å². The lowest BCUT2D eigenvalue weighted by molar-refractivity contribution is 0.0882. The maximum absolute atomic E-state index is 9.29. The van der Waals surface area contributed by atoms with Gasteiger partial charge >= 0.3 is 0 Å². The van der Waals surface area contributed by atoms with Crippen LogP contribution in [0.4, 0.5) is 5.82 Å². The molecule has 4 heterocycles. The molecule has 1 fully saturated rings. The number of nitrogens with two attached hydrogens (primary N) is 1. The molecule has 0 bridgehead atoms. The number of imidazole rings is 1. The molecule has 5 rings (SSSR count). The van der Waals surface area contributed by atoms with Gasteiger partial charge in [-0.15, -0.1) is 0 Å². The highest BCUT2D eigenvalue weighted by Gasteiger charge is 2.46. The fourth-order valence-corrected chi connectivity index (χ4v) is 4.16. The number of hydrogen-bond acceptors (Lipinski definition) is 6. The van der Waals surface area contributed by atoms with Crippen LogP contribution >= 0.6 is 0 Å². The van der Waals surface area contributed by atoms with Crippen LogP contribution in [-0.4, -0.2) is 29.4 Å². The second kappa shape index (κ2) is 6.21. The SMILES string of the molecule is N#CC[C@]1(n2cc(-c3cc(-c4c[nH]nc4N)cc4nccn34)cn2)C[C@@H](C#N)C1. The number of H-pyrrole nitrogens is 1. The molecule has 9 nitrogen and oxygen atoms in total. The molecule has 0 unspecified atom stereocenters. The van der Waals surface area contributed by atoms with E-state index < -0.39 is 5.54 Å². The molecule has 142 valence electrons. The monoisotopic (exact) mass is 383 g/mol. The first-order valence-electron chi connectivity index (χ1n) is 9.22. The largest absolute Gasteiger partial charge is 0.382 e. The number of hydrogen-bond donors (Lipinski definition) is 2. The fraction of sp³-hybridized carbons (Fsp3) is 0.250. The molecule has 0 radical (unpaired) electrons. The van der Waals surface area contributed by atoms with Crippen LogP contribution in [0.15, 0.2) is 43.1 Å². The number of nitrogen functional groups attached to an aromatic ring is 1. The number of aromatic amines is 1. The third-order valence-electron chi connectivity index (χ3n) is 5.69. The molecule has 1 saturated carbocycles.